The fourth-order valence-electron chi connectivity index (χ4n) is 2.55. The van der Waals surface area contributed by atoms with Crippen LogP contribution in [0.4, 0.5) is 0 Å². The highest BCUT2D eigenvalue weighted by Gasteiger charge is 2.23. The first-order valence-corrected chi connectivity index (χ1v) is 7.28. The molecule has 0 aliphatic heterocycles. The quantitative estimate of drug-likeness (QED) is 0.639. The van der Waals surface area contributed by atoms with Crippen LogP contribution in [0.2, 0.25) is 0 Å². The zero-order valence-corrected chi connectivity index (χ0v) is 13.3. The number of rotatable bonds is 4. The minimum absolute atomic E-state index is 0.249. The van der Waals surface area contributed by atoms with Gasteiger partial charge in [-0.1, -0.05) is 79.2 Å². The highest BCUT2D eigenvalue weighted by Crippen LogP contribution is 2.33. The largest absolute Gasteiger partial charge is 0.0651 e. The van der Waals surface area contributed by atoms with Crippen molar-refractivity contribution in [3.8, 4) is 0 Å². The van der Waals surface area contributed by atoms with Crippen LogP contribution in [0.5, 0.6) is 0 Å². The van der Waals surface area contributed by atoms with Crippen LogP contribution in [0, 0.1) is 5.92 Å². The van der Waals surface area contributed by atoms with Crippen LogP contribution in [0.1, 0.15) is 72.4 Å². The molecule has 0 aliphatic carbocycles. The summed E-state index contributed by atoms with van der Waals surface area (Å²) < 4.78 is 0. The summed E-state index contributed by atoms with van der Waals surface area (Å²) in [5, 5.41) is 0. The van der Waals surface area contributed by atoms with Gasteiger partial charge in [0.05, 0.1) is 0 Å². The Bertz CT molecular complexity index is 362. The standard InChI is InChI=1S/C18H30/c1-8-14(2)13-18(6,7)16-11-9-15(10-12-16)17(3,4)5/h9-12,14H,8,13H2,1-7H3. The van der Waals surface area contributed by atoms with Crippen LogP contribution in [0.3, 0.4) is 0 Å². The first kappa shape index (κ1) is 15.3. The Morgan fingerprint density at radius 2 is 1.33 bits per heavy atom. The van der Waals surface area contributed by atoms with Gasteiger partial charge in [0.25, 0.3) is 0 Å². The minimum Gasteiger partial charge on any atom is -0.0651 e. The van der Waals surface area contributed by atoms with E-state index in [9.17, 15) is 0 Å². The predicted octanol–water partition coefficient (Wildman–Crippen LogP) is 5.70. The zero-order chi connectivity index (χ0) is 14.0. The Kier molecular flexibility index (Phi) is 4.64. The minimum atomic E-state index is 0.249. The maximum atomic E-state index is 2.37. The molecule has 0 bridgehead atoms. The molecule has 0 nitrogen and oxygen atoms in total. The van der Waals surface area contributed by atoms with E-state index in [2.05, 4.69) is 72.7 Å². The molecule has 1 aromatic carbocycles. The molecule has 0 saturated carbocycles. The molecule has 18 heavy (non-hydrogen) atoms. The third-order valence-electron chi connectivity index (χ3n) is 4.09. The molecular formula is C18H30. The topological polar surface area (TPSA) is 0 Å². The van der Waals surface area contributed by atoms with Crippen LogP contribution in [-0.2, 0) is 10.8 Å². The molecule has 0 fully saturated rings. The van der Waals surface area contributed by atoms with Crippen molar-refractivity contribution in [1.82, 2.24) is 0 Å². The van der Waals surface area contributed by atoms with Gasteiger partial charge in [0.1, 0.15) is 0 Å². The molecule has 0 saturated heterocycles. The summed E-state index contributed by atoms with van der Waals surface area (Å²) in [5.41, 5.74) is 3.42. The van der Waals surface area contributed by atoms with Gasteiger partial charge < -0.3 is 0 Å². The molecule has 0 N–H and O–H groups in total. The lowest BCUT2D eigenvalue weighted by molar-refractivity contribution is 0.372. The van der Waals surface area contributed by atoms with E-state index in [1.807, 2.05) is 0 Å². The highest BCUT2D eigenvalue weighted by atomic mass is 14.3. The average molecular weight is 246 g/mol. The average Bonchev–Trinajstić information content (AvgIpc) is 2.27. The fraction of sp³-hybridized carbons (Fsp3) is 0.667. The fourth-order valence-corrected chi connectivity index (χ4v) is 2.55. The SMILES string of the molecule is CCC(C)CC(C)(C)c1ccc(C(C)(C)C)cc1. The molecule has 0 radical (unpaired) electrons. The lowest BCUT2D eigenvalue weighted by Gasteiger charge is -2.29. The van der Waals surface area contributed by atoms with Gasteiger partial charge in [-0.15, -0.1) is 0 Å². The smallest absolute Gasteiger partial charge is 0.0101 e. The lowest BCUT2D eigenvalue weighted by atomic mass is 9.76. The summed E-state index contributed by atoms with van der Waals surface area (Å²) in [6.45, 7) is 16.2. The van der Waals surface area contributed by atoms with Crippen molar-refractivity contribution in [2.75, 3.05) is 0 Å². The van der Waals surface area contributed by atoms with Crippen molar-refractivity contribution in [1.29, 1.82) is 0 Å². The maximum Gasteiger partial charge on any atom is -0.0101 e. The normalized spacial score (nSPS) is 14.6. The molecule has 0 spiro atoms. The van der Waals surface area contributed by atoms with Gasteiger partial charge in [-0.05, 0) is 34.3 Å². The van der Waals surface area contributed by atoms with E-state index < -0.39 is 0 Å². The Morgan fingerprint density at radius 3 is 1.72 bits per heavy atom. The van der Waals surface area contributed by atoms with E-state index in [-0.39, 0.29) is 10.8 Å². The molecule has 1 aromatic rings. The van der Waals surface area contributed by atoms with Crippen molar-refractivity contribution < 1.29 is 0 Å². The molecule has 102 valence electrons. The van der Waals surface area contributed by atoms with E-state index in [0.29, 0.717) is 0 Å². The molecule has 1 unspecified atom stereocenters. The van der Waals surface area contributed by atoms with Gasteiger partial charge >= 0.3 is 0 Å². The third-order valence-corrected chi connectivity index (χ3v) is 4.09. The van der Waals surface area contributed by atoms with Crippen molar-refractivity contribution in [3.63, 3.8) is 0 Å². The van der Waals surface area contributed by atoms with E-state index in [1.165, 1.54) is 24.0 Å². The molecule has 1 atom stereocenters. The van der Waals surface area contributed by atoms with Crippen molar-refractivity contribution in [3.05, 3.63) is 35.4 Å². The second-order valence-corrected chi connectivity index (χ2v) is 7.43. The van der Waals surface area contributed by atoms with E-state index in [1.54, 1.807) is 0 Å². The van der Waals surface area contributed by atoms with Gasteiger partial charge in [-0.2, -0.15) is 0 Å². The highest BCUT2D eigenvalue weighted by molar-refractivity contribution is 5.31. The molecule has 0 aliphatic rings. The number of benzene rings is 1. The summed E-state index contributed by atoms with van der Waals surface area (Å²) in [5.74, 6) is 0.794. The Hall–Kier alpha value is -0.780. The second kappa shape index (κ2) is 5.47. The van der Waals surface area contributed by atoms with Crippen LogP contribution >= 0.6 is 0 Å². The zero-order valence-electron chi connectivity index (χ0n) is 13.3. The molecule has 0 amide bonds. The Balaban J connectivity index is 2.90. The molecule has 0 heteroatoms. The van der Waals surface area contributed by atoms with E-state index in [0.717, 1.165) is 5.92 Å². The van der Waals surface area contributed by atoms with E-state index >= 15 is 0 Å². The summed E-state index contributed by atoms with van der Waals surface area (Å²) >= 11 is 0. The van der Waals surface area contributed by atoms with Gasteiger partial charge in [0.2, 0.25) is 0 Å². The predicted molar refractivity (Wildman–Crippen MR) is 82.2 cm³/mol. The monoisotopic (exact) mass is 246 g/mol. The van der Waals surface area contributed by atoms with Crippen molar-refractivity contribution in [2.24, 2.45) is 5.92 Å². The third kappa shape index (κ3) is 3.86. The van der Waals surface area contributed by atoms with Crippen LogP contribution in [0.25, 0.3) is 0 Å². The van der Waals surface area contributed by atoms with Crippen LogP contribution in [-0.4, -0.2) is 0 Å². The van der Waals surface area contributed by atoms with Crippen LogP contribution in [0.15, 0.2) is 24.3 Å². The van der Waals surface area contributed by atoms with Crippen LogP contribution < -0.4 is 0 Å². The lowest BCUT2D eigenvalue weighted by Crippen LogP contribution is -2.21. The summed E-state index contributed by atoms with van der Waals surface area (Å²) in [6, 6.07) is 9.24. The van der Waals surface area contributed by atoms with Gasteiger partial charge in [-0.3, -0.25) is 0 Å². The summed E-state index contributed by atoms with van der Waals surface area (Å²) in [6.07, 6.45) is 2.53. The van der Waals surface area contributed by atoms with Crippen molar-refractivity contribution in [2.45, 2.75) is 72.1 Å². The van der Waals surface area contributed by atoms with E-state index in [4.69, 9.17) is 0 Å². The maximum absolute atomic E-state index is 2.37. The number of hydrogen-bond acceptors (Lipinski definition) is 0. The van der Waals surface area contributed by atoms with Gasteiger partial charge in [0, 0.05) is 0 Å². The Morgan fingerprint density at radius 1 is 0.889 bits per heavy atom. The second-order valence-electron chi connectivity index (χ2n) is 7.43. The van der Waals surface area contributed by atoms with Crippen molar-refractivity contribution >= 4 is 0 Å². The first-order chi connectivity index (χ1) is 8.16. The summed E-state index contributed by atoms with van der Waals surface area (Å²) in [7, 11) is 0. The first-order valence-electron chi connectivity index (χ1n) is 7.28. The van der Waals surface area contributed by atoms with Gasteiger partial charge in [-0.25, -0.2) is 0 Å². The molecular weight excluding hydrogens is 216 g/mol. The molecule has 0 heterocycles. The summed E-state index contributed by atoms with van der Waals surface area (Å²) in [4.78, 5) is 0. The molecule has 1 rings (SSSR count). The Labute approximate surface area is 114 Å². The van der Waals surface area contributed by atoms with Gasteiger partial charge in [0.15, 0.2) is 0 Å². The number of hydrogen-bond donors (Lipinski definition) is 0. The molecule has 0 aromatic heterocycles.